The first-order valence-electron chi connectivity index (χ1n) is 10.4. The van der Waals surface area contributed by atoms with E-state index >= 15 is 0 Å². The van der Waals surface area contributed by atoms with E-state index in [1.165, 1.54) is 17.3 Å². The molecule has 0 atom stereocenters. The topological polar surface area (TPSA) is 69.0 Å². The first-order valence-corrected chi connectivity index (χ1v) is 11.4. The molecule has 0 aliphatic rings. The smallest absolute Gasteiger partial charge is 0.336 e. The lowest BCUT2D eigenvalue weighted by Gasteiger charge is -2.09. The number of amides is 1. The van der Waals surface area contributed by atoms with Crippen LogP contribution in [0.4, 0.5) is 5.69 Å². The summed E-state index contributed by atoms with van der Waals surface area (Å²) in [6.07, 6.45) is 0. The van der Waals surface area contributed by atoms with E-state index in [1.807, 2.05) is 92.7 Å². The Labute approximate surface area is 191 Å². The fraction of sp³-hybridized carbons (Fsp3) is 0.160. The number of thioether (sulfide) groups is 1. The van der Waals surface area contributed by atoms with E-state index in [4.69, 9.17) is 4.74 Å². The molecular weight excluding hydrogens is 420 g/mol. The van der Waals surface area contributed by atoms with Gasteiger partial charge in [0.1, 0.15) is 0 Å². The van der Waals surface area contributed by atoms with Gasteiger partial charge >= 0.3 is 6.01 Å². The number of anilines is 1. The Hall–Kier alpha value is -3.58. The minimum Gasteiger partial charge on any atom is -0.463 e. The van der Waals surface area contributed by atoms with Crippen molar-refractivity contribution in [2.75, 3.05) is 17.7 Å². The molecular formula is C25H24N4O2S. The summed E-state index contributed by atoms with van der Waals surface area (Å²) in [7, 11) is 0. The van der Waals surface area contributed by atoms with E-state index in [9.17, 15) is 4.79 Å². The van der Waals surface area contributed by atoms with Gasteiger partial charge in [0.25, 0.3) is 0 Å². The number of hydrogen-bond donors (Lipinski definition) is 1. The van der Waals surface area contributed by atoms with Crippen LogP contribution in [0.5, 0.6) is 6.01 Å². The van der Waals surface area contributed by atoms with E-state index in [0.29, 0.717) is 24.2 Å². The van der Waals surface area contributed by atoms with Gasteiger partial charge in [0.2, 0.25) is 5.91 Å². The number of nitrogens with zero attached hydrogens (tertiary/aromatic N) is 3. The van der Waals surface area contributed by atoms with Crippen molar-refractivity contribution in [1.82, 2.24) is 14.8 Å². The molecule has 4 aromatic rings. The Morgan fingerprint density at radius 2 is 1.72 bits per heavy atom. The number of carbonyl (C=O) groups is 1. The summed E-state index contributed by atoms with van der Waals surface area (Å²) in [4.78, 5) is 17.9. The molecule has 0 aliphatic heterocycles. The summed E-state index contributed by atoms with van der Waals surface area (Å²) in [5.41, 5.74) is 3.69. The summed E-state index contributed by atoms with van der Waals surface area (Å²) in [6.45, 7) is 4.44. The number of aryl methyl sites for hydroxylation is 1. The number of benzene rings is 3. The van der Waals surface area contributed by atoms with Gasteiger partial charge in [0.05, 0.1) is 18.0 Å². The molecule has 3 aromatic carbocycles. The SMILES string of the molecule is CCOc1nc(-c2ccc(C)cc2)n(-c2ccc(NC(=O)CSc3ccccc3)cc2)n1. The van der Waals surface area contributed by atoms with Crippen LogP contribution in [0, 0.1) is 6.92 Å². The Kier molecular flexibility index (Phi) is 6.87. The van der Waals surface area contributed by atoms with Crippen molar-refractivity contribution in [2.45, 2.75) is 18.7 Å². The Bertz CT molecular complexity index is 1170. The summed E-state index contributed by atoms with van der Waals surface area (Å²) in [6, 6.07) is 25.9. The van der Waals surface area contributed by atoms with E-state index in [2.05, 4.69) is 15.4 Å². The fourth-order valence-corrected chi connectivity index (χ4v) is 3.82. The van der Waals surface area contributed by atoms with Crippen molar-refractivity contribution < 1.29 is 9.53 Å². The molecule has 0 bridgehead atoms. The molecule has 6 nitrogen and oxygen atoms in total. The average molecular weight is 445 g/mol. The second-order valence-corrected chi connectivity index (χ2v) is 8.17. The Morgan fingerprint density at radius 3 is 2.41 bits per heavy atom. The maximum absolute atomic E-state index is 12.3. The Morgan fingerprint density at radius 1 is 1.00 bits per heavy atom. The minimum absolute atomic E-state index is 0.0497. The highest BCUT2D eigenvalue weighted by Crippen LogP contribution is 2.25. The van der Waals surface area contributed by atoms with Gasteiger partial charge in [-0.1, -0.05) is 48.0 Å². The molecule has 0 spiro atoms. The molecule has 0 unspecified atom stereocenters. The zero-order valence-electron chi connectivity index (χ0n) is 18.0. The number of nitrogens with one attached hydrogen (secondary N) is 1. The van der Waals surface area contributed by atoms with Crippen LogP contribution in [-0.4, -0.2) is 33.0 Å². The van der Waals surface area contributed by atoms with Crippen LogP contribution in [0.25, 0.3) is 17.1 Å². The quantitative estimate of drug-likeness (QED) is 0.370. The van der Waals surface area contributed by atoms with Crippen LogP contribution in [0.3, 0.4) is 0 Å². The van der Waals surface area contributed by atoms with Crippen molar-refractivity contribution in [2.24, 2.45) is 0 Å². The van der Waals surface area contributed by atoms with E-state index in [0.717, 1.165) is 21.8 Å². The maximum atomic E-state index is 12.3. The van der Waals surface area contributed by atoms with Crippen molar-refractivity contribution in [1.29, 1.82) is 0 Å². The van der Waals surface area contributed by atoms with Crippen LogP contribution in [0.1, 0.15) is 12.5 Å². The first kappa shape index (κ1) is 21.6. The maximum Gasteiger partial charge on any atom is 0.336 e. The highest BCUT2D eigenvalue weighted by atomic mass is 32.2. The normalized spacial score (nSPS) is 10.7. The summed E-state index contributed by atoms with van der Waals surface area (Å²) in [5, 5.41) is 7.45. The zero-order valence-corrected chi connectivity index (χ0v) is 18.8. The molecule has 32 heavy (non-hydrogen) atoms. The predicted octanol–water partition coefficient (Wildman–Crippen LogP) is 5.37. The lowest BCUT2D eigenvalue weighted by molar-refractivity contribution is -0.113. The lowest BCUT2D eigenvalue weighted by atomic mass is 10.1. The molecule has 0 radical (unpaired) electrons. The van der Waals surface area contributed by atoms with Crippen molar-refractivity contribution >= 4 is 23.4 Å². The van der Waals surface area contributed by atoms with Crippen LogP contribution < -0.4 is 10.1 Å². The second kappa shape index (κ2) is 10.2. The molecule has 0 fully saturated rings. The van der Waals surface area contributed by atoms with Crippen molar-refractivity contribution in [3.05, 3.63) is 84.4 Å². The summed E-state index contributed by atoms with van der Waals surface area (Å²) < 4.78 is 7.29. The van der Waals surface area contributed by atoms with Crippen molar-refractivity contribution in [3.63, 3.8) is 0 Å². The third-order valence-electron chi connectivity index (χ3n) is 4.68. The van der Waals surface area contributed by atoms with E-state index in [1.54, 1.807) is 4.68 Å². The van der Waals surface area contributed by atoms with E-state index < -0.39 is 0 Å². The molecule has 1 amide bonds. The molecule has 1 aromatic heterocycles. The molecule has 0 saturated carbocycles. The number of carbonyl (C=O) groups excluding carboxylic acids is 1. The third-order valence-corrected chi connectivity index (χ3v) is 5.69. The number of aromatic nitrogens is 3. The third kappa shape index (κ3) is 5.36. The van der Waals surface area contributed by atoms with Gasteiger partial charge in [-0.2, -0.15) is 4.98 Å². The van der Waals surface area contributed by atoms with Gasteiger partial charge < -0.3 is 10.1 Å². The van der Waals surface area contributed by atoms with E-state index in [-0.39, 0.29) is 5.91 Å². The molecule has 4 rings (SSSR count). The van der Waals surface area contributed by atoms with Gasteiger partial charge in [0.15, 0.2) is 5.82 Å². The number of ether oxygens (including phenoxy) is 1. The number of rotatable bonds is 8. The summed E-state index contributed by atoms with van der Waals surface area (Å²) in [5.74, 6) is 1.00. The van der Waals surface area contributed by atoms with Gasteiger partial charge in [-0.3, -0.25) is 4.79 Å². The van der Waals surface area contributed by atoms with Gasteiger partial charge in [0, 0.05) is 16.1 Å². The number of hydrogen-bond acceptors (Lipinski definition) is 5. The molecule has 0 saturated heterocycles. The summed E-state index contributed by atoms with van der Waals surface area (Å²) >= 11 is 1.51. The zero-order chi connectivity index (χ0) is 22.3. The predicted molar refractivity (Wildman–Crippen MR) is 128 cm³/mol. The largest absolute Gasteiger partial charge is 0.463 e. The highest BCUT2D eigenvalue weighted by molar-refractivity contribution is 8.00. The van der Waals surface area contributed by atoms with Crippen LogP contribution in [-0.2, 0) is 4.79 Å². The van der Waals surface area contributed by atoms with Crippen LogP contribution >= 0.6 is 11.8 Å². The molecule has 1 heterocycles. The van der Waals surface area contributed by atoms with Gasteiger partial charge in [-0.15, -0.1) is 16.9 Å². The molecule has 0 aliphatic carbocycles. The standard InChI is InChI=1S/C25H24N4O2S/c1-3-31-25-27-24(19-11-9-18(2)10-12-19)29(28-25)21-15-13-20(14-16-21)26-23(30)17-32-22-7-5-4-6-8-22/h4-16H,3,17H2,1-2H3,(H,26,30). The van der Waals surface area contributed by atoms with Crippen LogP contribution in [0.2, 0.25) is 0 Å². The minimum atomic E-state index is -0.0497. The van der Waals surface area contributed by atoms with Gasteiger partial charge in [-0.25, -0.2) is 4.68 Å². The second-order valence-electron chi connectivity index (χ2n) is 7.13. The Balaban J connectivity index is 1.49. The molecule has 1 N–H and O–H groups in total. The average Bonchev–Trinajstić information content (AvgIpc) is 3.23. The fourth-order valence-electron chi connectivity index (χ4n) is 3.10. The lowest BCUT2D eigenvalue weighted by Crippen LogP contribution is -2.14. The van der Waals surface area contributed by atoms with Crippen molar-refractivity contribution in [3.8, 4) is 23.1 Å². The molecule has 162 valence electrons. The van der Waals surface area contributed by atoms with Crippen LogP contribution in [0.15, 0.2) is 83.8 Å². The monoisotopic (exact) mass is 444 g/mol. The molecule has 7 heteroatoms. The first-order chi connectivity index (χ1) is 15.6. The highest BCUT2D eigenvalue weighted by Gasteiger charge is 2.15. The van der Waals surface area contributed by atoms with Gasteiger partial charge in [-0.05, 0) is 50.2 Å².